The van der Waals surface area contributed by atoms with Crippen LogP contribution in [0, 0.1) is 5.82 Å². The molecule has 0 spiro atoms. The van der Waals surface area contributed by atoms with Gasteiger partial charge in [-0.05, 0) is 48.2 Å². The monoisotopic (exact) mass is 398 g/mol. The van der Waals surface area contributed by atoms with E-state index in [4.69, 9.17) is 0 Å². The minimum Gasteiger partial charge on any atom is -0.355 e. The summed E-state index contributed by atoms with van der Waals surface area (Å²) in [6, 6.07) is 12.9. The van der Waals surface area contributed by atoms with Crippen LogP contribution < -0.4 is 10.6 Å². The first-order valence-corrected chi connectivity index (χ1v) is 9.73. The molecule has 28 heavy (non-hydrogen) atoms. The van der Waals surface area contributed by atoms with Crippen molar-refractivity contribution in [1.29, 1.82) is 0 Å². The van der Waals surface area contributed by atoms with Gasteiger partial charge in [-0.1, -0.05) is 23.9 Å². The highest BCUT2D eigenvalue weighted by atomic mass is 32.2. The van der Waals surface area contributed by atoms with Crippen LogP contribution in [0.4, 0.5) is 4.39 Å². The Morgan fingerprint density at radius 3 is 2.57 bits per heavy atom. The molecular formula is C20H19FN4O2S. The summed E-state index contributed by atoms with van der Waals surface area (Å²) in [7, 11) is 1.57. The van der Waals surface area contributed by atoms with Gasteiger partial charge in [0.1, 0.15) is 11.5 Å². The molecule has 1 heterocycles. The minimum atomic E-state index is -0.350. The normalized spacial score (nSPS) is 10.5. The van der Waals surface area contributed by atoms with Gasteiger partial charge in [0.25, 0.3) is 11.8 Å². The van der Waals surface area contributed by atoms with Crippen LogP contribution in [-0.2, 0) is 6.54 Å². The summed E-state index contributed by atoms with van der Waals surface area (Å²) in [5.41, 5.74) is 2.32. The first kappa shape index (κ1) is 19.6. The third kappa shape index (κ3) is 4.23. The fraction of sp³-hybridized carbons (Fsp3) is 0.150. The maximum absolute atomic E-state index is 13.3. The molecular weight excluding hydrogens is 379 g/mol. The standard InChI is InChI=1S/C20H19FN4O2S/c1-22-18(26)14-5-3-4-13(10-14)11-23-19(27)17-12-24-20(28-2)25(17)16-8-6-15(21)7-9-16/h3-10,12H,11H2,1-2H3,(H,22,26)(H,23,27). The molecule has 6 nitrogen and oxygen atoms in total. The summed E-state index contributed by atoms with van der Waals surface area (Å²) in [6.07, 6.45) is 3.35. The number of halogens is 1. The fourth-order valence-corrected chi connectivity index (χ4v) is 3.26. The molecule has 0 aliphatic rings. The van der Waals surface area contributed by atoms with Crippen molar-refractivity contribution in [3.8, 4) is 5.69 Å². The first-order valence-electron chi connectivity index (χ1n) is 8.50. The molecule has 8 heteroatoms. The largest absolute Gasteiger partial charge is 0.355 e. The Morgan fingerprint density at radius 1 is 1.14 bits per heavy atom. The van der Waals surface area contributed by atoms with E-state index < -0.39 is 0 Å². The predicted octanol–water partition coefficient (Wildman–Crippen LogP) is 3.02. The number of thioether (sulfide) groups is 1. The molecule has 2 amide bonds. The van der Waals surface area contributed by atoms with E-state index in [9.17, 15) is 14.0 Å². The number of amides is 2. The Kier molecular flexibility index (Phi) is 6.10. The molecule has 144 valence electrons. The van der Waals surface area contributed by atoms with Crippen LogP contribution in [0.2, 0.25) is 0 Å². The number of nitrogens with zero attached hydrogens (tertiary/aromatic N) is 2. The molecule has 2 aromatic carbocycles. The zero-order valence-corrected chi connectivity index (χ0v) is 16.2. The lowest BCUT2D eigenvalue weighted by atomic mass is 10.1. The average Bonchev–Trinajstić information content (AvgIpc) is 3.16. The van der Waals surface area contributed by atoms with Gasteiger partial charge < -0.3 is 10.6 Å². The van der Waals surface area contributed by atoms with E-state index in [2.05, 4.69) is 15.6 Å². The zero-order chi connectivity index (χ0) is 20.1. The van der Waals surface area contributed by atoms with Crippen LogP contribution in [0.5, 0.6) is 0 Å². The Balaban J connectivity index is 1.81. The van der Waals surface area contributed by atoms with Crippen molar-refractivity contribution in [1.82, 2.24) is 20.2 Å². The predicted molar refractivity (Wildman–Crippen MR) is 106 cm³/mol. The summed E-state index contributed by atoms with van der Waals surface area (Å²) in [5, 5.41) is 6.04. The molecule has 0 radical (unpaired) electrons. The van der Waals surface area contributed by atoms with Gasteiger partial charge in [-0.15, -0.1) is 0 Å². The molecule has 0 saturated heterocycles. The third-order valence-corrected chi connectivity index (χ3v) is 4.75. The Bertz CT molecular complexity index is 1000. The third-order valence-electron chi connectivity index (χ3n) is 4.10. The Labute approximate surface area is 166 Å². The van der Waals surface area contributed by atoms with Crippen LogP contribution in [-0.4, -0.2) is 34.7 Å². The van der Waals surface area contributed by atoms with E-state index in [0.29, 0.717) is 22.1 Å². The summed E-state index contributed by atoms with van der Waals surface area (Å²) < 4.78 is 14.9. The van der Waals surface area contributed by atoms with Gasteiger partial charge >= 0.3 is 0 Å². The lowest BCUT2D eigenvalue weighted by Crippen LogP contribution is -2.25. The van der Waals surface area contributed by atoms with Gasteiger partial charge in [-0.3, -0.25) is 14.2 Å². The number of hydrogen-bond donors (Lipinski definition) is 2. The number of aromatic nitrogens is 2. The first-order chi connectivity index (χ1) is 13.5. The molecule has 0 aliphatic carbocycles. The fourth-order valence-electron chi connectivity index (χ4n) is 2.72. The van der Waals surface area contributed by atoms with Crippen LogP contribution in [0.25, 0.3) is 5.69 Å². The number of benzene rings is 2. The van der Waals surface area contributed by atoms with Crippen LogP contribution in [0.1, 0.15) is 26.4 Å². The van der Waals surface area contributed by atoms with Gasteiger partial charge in [-0.25, -0.2) is 9.37 Å². The summed E-state index contributed by atoms with van der Waals surface area (Å²) in [6.45, 7) is 0.257. The van der Waals surface area contributed by atoms with Gasteiger partial charge in [0.15, 0.2) is 5.16 Å². The lowest BCUT2D eigenvalue weighted by Gasteiger charge is -2.11. The second kappa shape index (κ2) is 8.71. The van der Waals surface area contributed by atoms with Crippen molar-refractivity contribution >= 4 is 23.6 Å². The van der Waals surface area contributed by atoms with Gasteiger partial charge in [-0.2, -0.15) is 0 Å². The van der Waals surface area contributed by atoms with E-state index in [1.54, 1.807) is 41.9 Å². The van der Waals surface area contributed by atoms with Crippen molar-refractivity contribution in [2.45, 2.75) is 11.7 Å². The Hall–Kier alpha value is -3.13. The second-order valence-electron chi connectivity index (χ2n) is 5.90. The van der Waals surface area contributed by atoms with Crippen LogP contribution >= 0.6 is 11.8 Å². The second-order valence-corrected chi connectivity index (χ2v) is 6.68. The lowest BCUT2D eigenvalue weighted by molar-refractivity contribution is 0.0942. The van der Waals surface area contributed by atoms with Crippen molar-refractivity contribution in [3.63, 3.8) is 0 Å². The molecule has 1 aromatic heterocycles. The van der Waals surface area contributed by atoms with Crippen molar-refractivity contribution in [2.75, 3.05) is 13.3 Å². The quantitative estimate of drug-likeness (QED) is 0.626. The highest BCUT2D eigenvalue weighted by Crippen LogP contribution is 2.22. The zero-order valence-electron chi connectivity index (χ0n) is 15.4. The van der Waals surface area contributed by atoms with Crippen LogP contribution in [0.3, 0.4) is 0 Å². The van der Waals surface area contributed by atoms with Crippen LogP contribution in [0.15, 0.2) is 59.9 Å². The molecule has 0 aliphatic heterocycles. The smallest absolute Gasteiger partial charge is 0.270 e. The summed E-state index contributed by atoms with van der Waals surface area (Å²) in [4.78, 5) is 28.8. The van der Waals surface area contributed by atoms with E-state index in [-0.39, 0.29) is 24.2 Å². The molecule has 0 bridgehead atoms. The highest BCUT2D eigenvalue weighted by molar-refractivity contribution is 7.98. The van der Waals surface area contributed by atoms with Gasteiger partial charge in [0, 0.05) is 24.8 Å². The molecule has 0 saturated carbocycles. The maximum Gasteiger partial charge on any atom is 0.270 e. The average molecular weight is 398 g/mol. The molecule has 3 aromatic rings. The number of nitrogens with one attached hydrogen (secondary N) is 2. The van der Waals surface area contributed by atoms with Gasteiger partial charge in [0.05, 0.1) is 6.20 Å². The van der Waals surface area contributed by atoms with Crippen molar-refractivity contribution in [2.24, 2.45) is 0 Å². The number of carbonyl (C=O) groups excluding carboxylic acids is 2. The molecule has 0 unspecified atom stereocenters. The number of imidazole rings is 1. The topological polar surface area (TPSA) is 76.0 Å². The highest BCUT2D eigenvalue weighted by Gasteiger charge is 2.17. The summed E-state index contributed by atoms with van der Waals surface area (Å²) in [5.74, 6) is -0.855. The number of hydrogen-bond acceptors (Lipinski definition) is 4. The Morgan fingerprint density at radius 2 is 1.89 bits per heavy atom. The number of carbonyl (C=O) groups is 2. The van der Waals surface area contributed by atoms with Crippen molar-refractivity contribution in [3.05, 3.63) is 77.4 Å². The number of rotatable bonds is 6. The molecule has 0 fully saturated rings. The SMILES string of the molecule is CNC(=O)c1cccc(CNC(=O)c2cnc(SC)n2-c2ccc(F)cc2)c1. The minimum absolute atomic E-state index is 0.188. The molecule has 0 atom stereocenters. The van der Waals surface area contributed by atoms with E-state index in [1.807, 2.05) is 12.3 Å². The maximum atomic E-state index is 13.3. The van der Waals surface area contributed by atoms with E-state index >= 15 is 0 Å². The van der Waals surface area contributed by atoms with Gasteiger partial charge in [0.2, 0.25) is 0 Å². The summed E-state index contributed by atoms with van der Waals surface area (Å²) >= 11 is 1.39. The van der Waals surface area contributed by atoms with E-state index in [1.165, 1.54) is 30.1 Å². The van der Waals surface area contributed by atoms with Crippen molar-refractivity contribution < 1.29 is 14.0 Å². The molecule has 2 N–H and O–H groups in total. The van der Waals surface area contributed by atoms with E-state index in [0.717, 1.165) is 5.56 Å². The molecule has 3 rings (SSSR count).